The maximum atomic E-state index is 13.6. The summed E-state index contributed by atoms with van der Waals surface area (Å²) in [5.41, 5.74) is 0.932. The Morgan fingerprint density at radius 2 is 1.88 bits per heavy atom. The second-order valence-corrected chi connectivity index (χ2v) is 7.75. The Labute approximate surface area is 145 Å². The van der Waals surface area contributed by atoms with Gasteiger partial charge in [-0.2, -0.15) is 5.26 Å². The number of carbonyl (C=O) groups excluding carboxylic acids is 1. The van der Waals surface area contributed by atoms with Crippen molar-refractivity contribution in [2.45, 2.75) is 18.2 Å². The van der Waals surface area contributed by atoms with Crippen LogP contribution in [0.2, 0.25) is 0 Å². The van der Waals surface area contributed by atoms with Gasteiger partial charge < -0.3 is 0 Å². The van der Waals surface area contributed by atoms with E-state index >= 15 is 0 Å². The first-order valence-electron chi connectivity index (χ1n) is 7.67. The van der Waals surface area contributed by atoms with Gasteiger partial charge in [-0.05, 0) is 43.7 Å². The van der Waals surface area contributed by atoms with Crippen LogP contribution in [0, 0.1) is 30.0 Å². The molecule has 0 fully saturated rings. The molecule has 5 nitrogen and oxygen atoms in total. The predicted octanol–water partition coefficient (Wildman–Crippen LogP) is 3.06. The molecule has 1 heterocycles. The highest BCUT2D eigenvalue weighted by Gasteiger charge is 2.35. The van der Waals surface area contributed by atoms with Gasteiger partial charge in [-0.15, -0.1) is 0 Å². The van der Waals surface area contributed by atoms with E-state index in [1.165, 1.54) is 18.2 Å². The van der Waals surface area contributed by atoms with E-state index in [2.05, 4.69) is 0 Å². The molecule has 1 aliphatic heterocycles. The van der Waals surface area contributed by atoms with Crippen LogP contribution in [-0.2, 0) is 10.0 Å². The van der Waals surface area contributed by atoms with Crippen molar-refractivity contribution in [1.29, 1.82) is 5.26 Å². The van der Waals surface area contributed by atoms with Gasteiger partial charge >= 0.3 is 0 Å². The zero-order chi connectivity index (χ0) is 18.2. The third-order valence-electron chi connectivity index (χ3n) is 4.19. The lowest BCUT2D eigenvalue weighted by Crippen LogP contribution is -2.32. The van der Waals surface area contributed by atoms with Crippen molar-refractivity contribution >= 4 is 21.5 Å². The summed E-state index contributed by atoms with van der Waals surface area (Å²) in [5.74, 6) is -2.21. The van der Waals surface area contributed by atoms with Gasteiger partial charge in [-0.25, -0.2) is 12.8 Å². The molecule has 0 spiro atoms. The number of nitriles is 1. The van der Waals surface area contributed by atoms with Crippen LogP contribution in [0.3, 0.4) is 0 Å². The van der Waals surface area contributed by atoms with Crippen molar-refractivity contribution in [2.75, 3.05) is 10.8 Å². The number of hydrogen-bond donors (Lipinski definition) is 0. The van der Waals surface area contributed by atoms with E-state index in [1.54, 1.807) is 12.1 Å². The summed E-state index contributed by atoms with van der Waals surface area (Å²) in [4.78, 5) is 12.5. The molecule has 1 atom stereocenters. The topological polar surface area (TPSA) is 78.2 Å². The van der Waals surface area contributed by atoms with E-state index in [0.717, 1.165) is 22.0 Å². The van der Waals surface area contributed by atoms with Crippen LogP contribution < -0.4 is 4.31 Å². The first-order valence-corrected chi connectivity index (χ1v) is 9.11. The van der Waals surface area contributed by atoms with E-state index < -0.39 is 27.5 Å². The van der Waals surface area contributed by atoms with Gasteiger partial charge in [0.1, 0.15) is 11.7 Å². The van der Waals surface area contributed by atoms with Crippen LogP contribution in [0.4, 0.5) is 10.1 Å². The van der Waals surface area contributed by atoms with Crippen molar-refractivity contribution in [1.82, 2.24) is 0 Å². The average molecular weight is 358 g/mol. The highest BCUT2D eigenvalue weighted by molar-refractivity contribution is 7.92. The second kappa shape index (κ2) is 6.30. The zero-order valence-electron chi connectivity index (χ0n) is 13.4. The Balaban J connectivity index is 2.17. The number of nitrogens with zero attached hydrogens (tertiary/aromatic N) is 2. The number of benzene rings is 2. The number of sulfonamides is 1. The number of fused-ring (bicyclic) bond motifs is 1. The van der Waals surface area contributed by atoms with E-state index in [-0.39, 0.29) is 29.1 Å². The highest BCUT2D eigenvalue weighted by atomic mass is 32.2. The Kier molecular flexibility index (Phi) is 4.31. The molecule has 0 saturated carbocycles. The molecule has 0 amide bonds. The second-order valence-electron chi connectivity index (χ2n) is 5.89. The lowest BCUT2D eigenvalue weighted by atomic mass is 9.97. The number of aryl methyl sites for hydroxylation is 1. The summed E-state index contributed by atoms with van der Waals surface area (Å²) < 4.78 is 40.8. The van der Waals surface area contributed by atoms with Crippen LogP contribution >= 0.6 is 0 Å². The van der Waals surface area contributed by atoms with E-state index in [9.17, 15) is 22.9 Å². The molecule has 0 radical (unpaired) electrons. The van der Waals surface area contributed by atoms with E-state index in [4.69, 9.17) is 0 Å². The Morgan fingerprint density at radius 1 is 1.20 bits per heavy atom. The summed E-state index contributed by atoms with van der Waals surface area (Å²) in [5, 5.41) is 9.19. The van der Waals surface area contributed by atoms with Gasteiger partial charge in [-0.1, -0.05) is 17.7 Å². The van der Waals surface area contributed by atoms with E-state index in [0.29, 0.717) is 0 Å². The number of hydrogen-bond acceptors (Lipinski definition) is 4. The molecule has 3 rings (SSSR count). The molecule has 25 heavy (non-hydrogen) atoms. The van der Waals surface area contributed by atoms with E-state index in [1.807, 2.05) is 13.0 Å². The third kappa shape index (κ3) is 3.01. The zero-order valence-corrected chi connectivity index (χ0v) is 14.3. The van der Waals surface area contributed by atoms with Gasteiger partial charge in [-0.3, -0.25) is 9.10 Å². The molecule has 128 valence electrons. The summed E-state index contributed by atoms with van der Waals surface area (Å²) in [7, 11) is -3.93. The number of Topliss-reactive ketones (excluding diaryl/α,β-unsaturated/α-hetero) is 1. The Morgan fingerprint density at radius 3 is 2.52 bits per heavy atom. The summed E-state index contributed by atoms with van der Waals surface area (Å²) in [6.45, 7) is 1.81. The molecule has 0 saturated heterocycles. The molecular formula is C18H15FN2O3S. The molecule has 0 N–H and O–H groups in total. The smallest absolute Gasteiger partial charge is 0.264 e. The standard InChI is InChI=1S/C18H15FN2O3S/c1-12-2-5-15(6-3-12)25(23,24)21-9-8-13(11-20)18(22)16-10-14(19)4-7-17(16)21/h2-7,10,13H,8-9H2,1H3. The first-order chi connectivity index (χ1) is 11.8. The molecule has 0 aromatic heterocycles. The number of ketones is 1. The van der Waals surface area contributed by atoms with Gasteiger partial charge in [0.2, 0.25) is 0 Å². The molecule has 1 unspecified atom stereocenters. The minimum Gasteiger partial charge on any atom is -0.293 e. The lowest BCUT2D eigenvalue weighted by Gasteiger charge is -2.24. The van der Waals surface area contributed by atoms with Crippen LogP contribution in [0.5, 0.6) is 0 Å². The van der Waals surface area contributed by atoms with Gasteiger partial charge in [0.05, 0.1) is 16.7 Å². The summed E-state index contributed by atoms with van der Waals surface area (Å²) in [6, 6.07) is 11.6. The Bertz CT molecular complexity index is 978. The fourth-order valence-corrected chi connectivity index (χ4v) is 4.32. The molecular weight excluding hydrogens is 343 g/mol. The fourth-order valence-electron chi connectivity index (χ4n) is 2.82. The fraction of sp³-hybridized carbons (Fsp3) is 0.222. The van der Waals surface area contributed by atoms with Crippen molar-refractivity contribution in [3.63, 3.8) is 0 Å². The molecule has 0 bridgehead atoms. The van der Waals surface area contributed by atoms with Gasteiger partial charge in [0, 0.05) is 12.1 Å². The monoisotopic (exact) mass is 358 g/mol. The SMILES string of the molecule is Cc1ccc(S(=O)(=O)N2CCC(C#N)C(=O)c3cc(F)ccc32)cc1. The Hall–Kier alpha value is -2.72. The van der Waals surface area contributed by atoms with Crippen molar-refractivity contribution in [3.8, 4) is 6.07 Å². The largest absolute Gasteiger partial charge is 0.293 e. The van der Waals surface area contributed by atoms with Crippen molar-refractivity contribution < 1.29 is 17.6 Å². The lowest BCUT2D eigenvalue weighted by molar-refractivity contribution is 0.0948. The number of halogens is 1. The summed E-state index contributed by atoms with van der Waals surface area (Å²) in [6.07, 6.45) is 0.0523. The highest BCUT2D eigenvalue weighted by Crippen LogP contribution is 2.33. The minimum atomic E-state index is -3.93. The first kappa shape index (κ1) is 17.1. The number of carbonyl (C=O) groups is 1. The van der Waals surface area contributed by atoms with Crippen LogP contribution in [0.15, 0.2) is 47.4 Å². The molecule has 2 aromatic rings. The van der Waals surface area contributed by atoms with Crippen molar-refractivity contribution in [3.05, 3.63) is 59.4 Å². The summed E-state index contributed by atoms with van der Waals surface area (Å²) >= 11 is 0. The van der Waals surface area contributed by atoms with Gasteiger partial charge in [0.15, 0.2) is 5.78 Å². The van der Waals surface area contributed by atoms with Crippen LogP contribution in [-0.4, -0.2) is 20.7 Å². The minimum absolute atomic E-state index is 0.0290. The quantitative estimate of drug-likeness (QED) is 0.826. The maximum Gasteiger partial charge on any atom is 0.264 e. The number of anilines is 1. The maximum absolute atomic E-state index is 13.6. The van der Waals surface area contributed by atoms with Crippen molar-refractivity contribution in [2.24, 2.45) is 5.92 Å². The molecule has 7 heteroatoms. The normalized spacial score (nSPS) is 17.6. The van der Waals surface area contributed by atoms with Gasteiger partial charge in [0.25, 0.3) is 10.0 Å². The number of rotatable bonds is 2. The molecule has 0 aliphatic carbocycles. The van der Waals surface area contributed by atoms with Crippen LogP contribution in [0.25, 0.3) is 0 Å². The molecule has 2 aromatic carbocycles. The van der Waals surface area contributed by atoms with Crippen LogP contribution in [0.1, 0.15) is 22.3 Å². The average Bonchev–Trinajstić information content (AvgIpc) is 2.72. The predicted molar refractivity (Wildman–Crippen MR) is 90.2 cm³/mol. The molecule has 1 aliphatic rings. The third-order valence-corrected chi connectivity index (χ3v) is 6.02.